The van der Waals surface area contributed by atoms with Gasteiger partial charge < -0.3 is 14.9 Å². The zero-order valence-electron chi connectivity index (χ0n) is 19.3. The van der Waals surface area contributed by atoms with Gasteiger partial charge in [-0.05, 0) is 37.2 Å². The molecule has 1 heterocycles. The Bertz CT molecular complexity index is 1080. The van der Waals surface area contributed by atoms with Crippen LogP contribution in [-0.4, -0.2) is 41.8 Å². The highest BCUT2D eigenvalue weighted by molar-refractivity contribution is 7.19. The number of rotatable bonds is 10. The summed E-state index contributed by atoms with van der Waals surface area (Å²) in [5.74, 6) is 5.35. The third-order valence-electron chi connectivity index (χ3n) is 6.30. The van der Waals surface area contributed by atoms with Gasteiger partial charge >= 0.3 is 5.97 Å². The number of hydrogen-bond donors (Lipinski definition) is 2. The van der Waals surface area contributed by atoms with Crippen LogP contribution in [0.3, 0.4) is 0 Å². The van der Waals surface area contributed by atoms with E-state index < -0.39 is 6.10 Å². The van der Waals surface area contributed by atoms with Crippen molar-refractivity contribution in [3.8, 4) is 11.8 Å². The van der Waals surface area contributed by atoms with Gasteiger partial charge in [0.2, 0.25) is 0 Å². The number of benzene rings is 1. The van der Waals surface area contributed by atoms with E-state index in [4.69, 9.17) is 11.6 Å². The van der Waals surface area contributed by atoms with Gasteiger partial charge in [-0.1, -0.05) is 42.0 Å². The minimum atomic E-state index is -0.665. The Morgan fingerprint density at radius 1 is 1.35 bits per heavy atom. The van der Waals surface area contributed by atoms with E-state index in [1.807, 2.05) is 30.3 Å². The molecule has 182 valence electrons. The van der Waals surface area contributed by atoms with E-state index in [1.54, 1.807) is 17.4 Å². The summed E-state index contributed by atoms with van der Waals surface area (Å²) in [5.41, 5.74) is 0. The van der Waals surface area contributed by atoms with Crippen molar-refractivity contribution in [2.24, 2.45) is 17.8 Å². The standard InChI is InChI=1S/C27H31ClO5S/c1-33-26(32)11-5-3-2-4-8-21-20(18(17-29)16-23(21)31)14-12-19(30)13-15-25-27(28)22-9-6-7-10-24(22)34-25/h6-7,9-10,12,14,18-21,29-30H,3,5,8,11,13,15-17H2,1H3/b14-12+/t18-,19?,20-,21+/m0/s1. The van der Waals surface area contributed by atoms with Crippen LogP contribution in [0.15, 0.2) is 36.4 Å². The Morgan fingerprint density at radius 2 is 2.15 bits per heavy atom. The quantitative estimate of drug-likeness (QED) is 0.208. The molecule has 0 saturated heterocycles. The predicted molar refractivity (Wildman–Crippen MR) is 136 cm³/mol. The summed E-state index contributed by atoms with van der Waals surface area (Å²) in [4.78, 5) is 24.7. The monoisotopic (exact) mass is 502 g/mol. The van der Waals surface area contributed by atoms with Gasteiger partial charge in [0.05, 0.1) is 18.2 Å². The molecule has 0 spiro atoms. The highest BCUT2D eigenvalue weighted by Crippen LogP contribution is 2.38. The number of Topliss-reactive ketones (excluding diaryl/α,β-unsaturated/α-hetero) is 1. The van der Waals surface area contributed by atoms with E-state index in [0.29, 0.717) is 44.9 Å². The molecule has 1 aliphatic rings. The van der Waals surface area contributed by atoms with E-state index in [2.05, 4.69) is 16.6 Å². The molecule has 5 nitrogen and oxygen atoms in total. The third-order valence-corrected chi connectivity index (χ3v) is 8.08. The first-order valence-corrected chi connectivity index (χ1v) is 12.8. The molecule has 1 aromatic heterocycles. The lowest BCUT2D eigenvalue weighted by Gasteiger charge is -2.18. The maximum Gasteiger partial charge on any atom is 0.305 e. The molecule has 34 heavy (non-hydrogen) atoms. The number of carbonyl (C=O) groups is 2. The Kier molecular flexibility index (Phi) is 10.2. The number of ether oxygens (including phenoxy) is 1. The lowest BCUT2D eigenvalue weighted by atomic mass is 9.86. The Balaban J connectivity index is 1.55. The number of halogens is 1. The fraction of sp³-hybridized carbons (Fsp3) is 0.481. The lowest BCUT2D eigenvalue weighted by Crippen LogP contribution is -2.18. The van der Waals surface area contributed by atoms with Crippen LogP contribution in [-0.2, 0) is 20.7 Å². The molecule has 0 radical (unpaired) electrons. The minimum Gasteiger partial charge on any atom is -0.469 e. The SMILES string of the molecule is COC(=O)CCCC#CC[C@H]1C(=O)C[C@@H](CO)[C@@H]1/C=C/C(O)CCc1sc2ccccc2c1Cl. The molecule has 1 saturated carbocycles. The molecule has 3 rings (SSSR count). The Labute approximate surface area is 209 Å². The van der Waals surface area contributed by atoms with Crippen molar-refractivity contribution < 1.29 is 24.5 Å². The van der Waals surface area contributed by atoms with Crippen LogP contribution < -0.4 is 0 Å². The second-order valence-corrected chi connectivity index (χ2v) is 10.1. The Morgan fingerprint density at radius 3 is 2.88 bits per heavy atom. The van der Waals surface area contributed by atoms with Gasteiger partial charge in [-0.25, -0.2) is 0 Å². The van der Waals surface area contributed by atoms with Crippen LogP contribution in [0.1, 0.15) is 43.4 Å². The summed E-state index contributed by atoms with van der Waals surface area (Å²) in [6.45, 7) is -0.0721. The minimum absolute atomic E-state index is 0.0721. The summed E-state index contributed by atoms with van der Waals surface area (Å²) in [6, 6.07) is 7.99. The van der Waals surface area contributed by atoms with E-state index >= 15 is 0 Å². The molecule has 1 fully saturated rings. The number of hydrogen-bond acceptors (Lipinski definition) is 6. The number of aliphatic hydroxyl groups is 2. The van der Waals surface area contributed by atoms with Gasteiger partial charge in [0.25, 0.3) is 0 Å². The molecule has 0 aliphatic heterocycles. The van der Waals surface area contributed by atoms with E-state index in [9.17, 15) is 19.8 Å². The van der Waals surface area contributed by atoms with Crippen molar-refractivity contribution in [3.63, 3.8) is 0 Å². The molecule has 2 aromatic rings. The number of allylic oxidation sites excluding steroid dienone is 1. The molecule has 1 aliphatic carbocycles. The lowest BCUT2D eigenvalue weighted by molar-refractivity contribution is -0.140. The van der Waals surface area contributed by atoms with Crippen LogP contribution in [0.25, 0.3) is 10.1 Å². The topological polar surface area (TPSA) is 83.8 Å². The van der Waals surface area contributed by atoms with Crippen molar-refractivity contribution in [2.45, 2.75) is 51.0 Å². The number of aryl methyl sites for hydroxylation is 1. The van der Waals surface area contributed by atoms with Crippen LogP contribution in [0.4, 0.5) is 0 Å². The van der Waals surface area contributed by atoms with Gasteiger partial charge in [0, 0.05) is 53.2 Å². The van der Waals surface area contributed by atoms with Gasteiger partial charge in [0.1, 0.15) is 5.78 Å². The van der Waals surface area contributed by atoms with Gasteiger partial charge in [-0.15, -0.1) is 23.2 Å². The van der Waals surface area contributed by atoms with E-state index in [1.165, 1.54) is 7.11 Å². The average molecular weight is 503 g/mol. The highest BCUT2D eigenvalue weighted by Gasteiger charge is 2.39. The van der Waals surface area contributed by atoms with Gasteiger partial charge in [-0.2, -0.15) is 0 Å². The van der Waals surface area contributed by atoms with Crippen LogP contribution >= 0.6 is 22.9 Å². The van der Waals surface area contributed by atoms with Crippen molar-refractivity contribution in [2.75, 3.05) is 13.7 Å². The highest BCUT2D eigenvalue weighted by atomic mass is 35.5. The molecular weight excluding hydrogens is 472 g/mol. The molecular formula is C27H31ClO5S. The zero-order chi connectivity index (χ0) is 24.5. The van der Waals surface area contributed by atoms with Crippen molar-refractivity contribution in [3.05, 3.63) is 46.3 Å². The maximum absolute atomic E-state index is 12.5. The summed E-state index contributed by atoms with van der Waals surface area (Å²) in [5, 5.41) is 22.1. The van der Waals surface area contributed by atoms with Gasteiger partial charge in [-0.3, -0.25) is 9.59 Å². The Hall–Kier alpha value is -2.17. The van der Waals surface area contributed by atoms with E-state index in [0.717, 1.165) is 20.0 Å². The first-order valence-electron chi connectivity index (χ1n) is 11.6. The second kappa shape index (κ2) is 13.1. The molecule has 1 unspecified atom stereocenters. The number of ketones is 1. The van der Waals surface area contributed by atoms with Gasteiger partial charge in [0.15, 0.2) is 0 Å². The fourth-order valence-electron chi connectivity index (χ4n) is 4.37. The number of unbranched alkanes of at least 4 members (excludes halogenated alkanes) is 1. The number of esters is 1. The normalized spacial score (nSPS) is 21.1. The summed E-state index contributed by atoms with van der Waals surface area (Å²) >= 11 is 8.15. The van der Waals surface area contributed by atoms with E-state index in [-0.39, 0.29) is 36.1 Å². The van der Waals surface area contributed by atoms with Crippen LogP contribution in [0.2, 0.25) is 5.02 Å². The maximum atomic E-state index is 12.5. The largest absolute Gasteiger partial charge is 0.469 e. The molecule has 4 atom stereocenters. The number of aliphatic hydroxyl groups excluding tert-OH is 2. The summed E-state index contributed by atoms with van der Waals surface area (Å²) < 4.78 is 5.75. The zero-order valence-corrected chi connectivity index (χ0v) is 20.9. The predicted octanol–water partition coefficient (Wildman–Crippen LogP) is 4.95. The first-order chi connectivity index (χ1) is 16.4. The molecule has 0 amide bonds. The van der Waals surface area contributed by atoms with Crippen molar-refractivity contribution in [1.29, 1.82) is 0 Å². The number of methoxy groups -OCH3 is 1. The molecule has 1 aromatic carbocycles. The first kappa shape index (κ1) is 26.4. The second-order valence-electron chi connectivity index (χ2n) is 8.61. The molecule has 7 heteroatoms. The molecule has 0 bridgehead atoms. The van der Waals surface area contributed by atoms with Crippen LogP contribution in [0.5, 0.6) is 0 Å². The van der Waals surface area contributed by atoms with Crippen molar-refractivity contribution in [1.82, 2.24) is 0 Å². The van der Waals surface area contributed by atoms with Crippen molar-refractivity contribution >= 4 is 44.8 Å². The van der Waals surface area contributed by atoms with Crippen LogP contribution in [0, 0.1) is 29.6 Å². The number of thiophene rings is 1. The smallest absolute Gasteiger partial charge is 0.305 e. The third kappa shape index (κ3) is 6.93. The summed E-state index contributed by atoms with van der Waals surface area (Å²) in [7, 11) is 1.36. The fourth-order valence-corrected chi connectivity index (χ4v) is 5.91. The number of carbonyl (C=O) groups excluding carboxylic acids is 2. The average Bonchev–Trinajstić information content (AvgIpc) is 3.33. The summed E-state index contributed by atoms with van der Waals surface area (Å²) in [6.07, 6.45) is 6.41. The number of fused-ring (bicyclic) bond motifs is 1. The molecule has 2 N–H and O–H groups in total.